The van der Waals surface area contributed by atoms with Gasteiger partial charge in [-0.15, -0.1) is 0 Å². The summed E-state index contributed by atoms with van der Waals surface area (Å²) in [5, 5.41) is 25.6. The van der Waals surface area contributed by atoms with Gasteiger partial charge in [0.1, 0.15) is 0 Å². The Balaban J connectivity index is 0.000000246. The number of rotatable bonds is 3. The molecule has 0 aromatic heterocycles. The molecule has 6 N–H and O–H groups in total. The first-order valence-electron chi connectivity index (χ1n) is 9.64. The second-order valence-electron chi connectivity index (χ2n) is 6.65. The SMILES string of the molecule is C1CC[NH2+]CC1.C1CC[NH2+]CC1.Nc1ccc(C=C(C(=O)[O-])C(=O)[O-])cc1. The van der Waals surface area contributed by atoms with Gasteiger partial charge in [-0.3, -0.25) is 0 Å². The van der Waals surface area contributed by atoms with Gasteiger partial charge in [0, 0.05) is 11.3 Å². The highest BCUT2D eigenvalue weighted by Crippen LogP contribution is 2.09. The van der Waals surface area contributed by atoms with Crippen molar-refractivity contribution in [3.63, 3.8) is 0 Å². The lowest BCUT2D eigenvalue weighted by Crippen LogP contribution is -2.85. The average molecular weight is 377 g/mol. The number of aliphatic carboxylic acids is 2. The van der Waals surface area contributed by atoms with Gasteiger partial charge in [0.15, 0.2) is 0 Å². The van der Waals surface area contributed by atoms with Gasteiger partial charge in [-0.1, -0.05) is 12.1 Å². The van der Waals surface area contributed by atoms with Crippen LogP contribution in [0, 0.1) is 0 Å². The Morgan fingerprint density at radius 1 is 0.778 bits per heavy atom. The zero-order valence-electron chi connectivity index (χ0n) is 15.8. The minimum Gasteiger partial charge on any atom is -0.545 e. The summed E-state index contributed by atoms with van der Waals surface area (Å²) in [7, 11) is 0. The predicted octanol–water partition coefficient (Wildman–Crippen LogP) is -2.38. The van der Waals surface area contributed by atoms with E-state index in [1.807, 2.05) is 0 Å². The van der Waals surface area contributed by atoms with E-state index in [9.17, 15) is 19.8 Å². The maximum Gasteiger partial charge on any atom is 0.0755 e. The number of quaternary nitrogens is 2. The summed E-state index contributed by atoms with van der Waals surface area (Å²) in [5.41, 5.74) is 5.39. The Labute approximate surface area is 160 Å². The van der Waals surface area contributed by atoms with Crippen LogP contribution in [0.25, 0.3) is 6.08 Å². The van der Waals surface area contributed by atoms with Crippen molar-refractivity contribution in [2.45, 2.75) is 38.5 Å². The molecule has 1 aromatic carbocycles. The number of piperidine rings is 2. The van der Waals surface area contributed by atoms with E-state index in [0.717, 1.165) is 6.08 Å². The Morgan fingerprint density at radius 3 is 1.44 bits per heavy atom. The van der Waals surface area contributed by atoms with Crippen LogP contribution in [0.5, 0.6) is 0 Å². The molecule has 0 amide bonds. The van der Waals surface area contributed by atoms with Crippen molar-refractivity contribution in [2.24, 2.45) is 0 Å². The maximum atomic E-state index is 10.4. The van der Waals surface area contributed by atoms with E-state index in [1.165, 1.54) is 89.0 Å². The number of carbonyl (C=O) groups is 2. The minimum absolute atomic E-state index is 0.396. The van der Waals surface area contributed by atoms with Crippen LogP contribution in [-0.4, -0.2) is 38.1 Å². The number of carbonyl (C=O) groups excluding carboxylic acids is 2. The first-order chi connectivity index (χ1) is 13.0. The molecule has 0 bridgehead atoms. The van der Waals surface area contributed by atoms with E-state index in [-0.39, 0.29) is 0 Å². The topological polar surface area (TPSA) is 140 Å². The van der Waals surface area contributed by atoms with Crippen LogP contribution in [0.1, 0.15) is 44.1 Å². The molecule has 0 aliphatic carbocycles. The van der Waals surface area contributed by atoms with Crippen molar-refractivity contribution >= 4 is 23.7 Å². The first kappa shape index (κ1) is 22.7. The summed E-state index contributed by atoms with van der Waals surface area (Å²) in [6.45, 7) is 5.50. The molecule has 2 aliphatic heterocycles. The third kappa shape index (κ3) is 11.0. The summed E-state index contributed by atoms with van der Waals surface area (Å²) in [6.07, 6.45) is 9.66. The number of carboxylic acids is 2. The summed E-state index contributed by atoms with van der Waals surface area (Å²) in [4.78, 5) is 20.8. The molecule has 0 atom stereocenters. The molecular formula is C20H31N3O4. The number of carboxylic acid groups (broad SMARTS) is 2. The molecule has 2 fully saturated rings. The Morgan fingerprint density at radius 2 is 1.19 bits per heavy atom. The van der Waals surface area contributed by atoms with E-state index >= 15 is 0 Å². The Bertz CT molecular complexity index is 541. The number of hydrogen-bond acceptors (Lipinski definition) is 5. The first-order valence-corrected chi connectivity index (χ1v) is 9.64. The molecule has 0 unspecified atom stereocenters. The average Bonchev–Trinajstić information content (AvgIpc) is 2.70. The van der Waals surface area contributed by atoms with Crippen molar-refractivity contribution < 1.29 is 30.4 Å². The van der Waals surface area contributed by atoms with Gasteiger partial charge < -0.3 is 36.2 Å². The normalized spacial score (nSPS) is 15.9. The lowest BCUT2D eigenvalue weighted by atomic mass is 10.1. The van der Waals surface area contributed by atoms with Gasteiger partial charge >= 0.3 is 0 Å². The monoisotopic (exact) mass is 377 g/mol. The number of hydrogen-bond donors (Lipinski definition) is 3. The fourth-order valence-corrected chi connectivity index (χ4v) is 2.76. The fraction of sp³-hybridized carbons (Fsp3) is 0.500. The largest absolute Gasteiger partial charge is 0.545 e. The van der Waals surface area contributed by atoms with Crippen molar-refractivity contribution in [3.05, 3.63) is 35.4 Å². The molecule has 0 spiro atoms. The molecule has 1 aromatic rings. The number of benzene rings is 1. The van der Waals surface area contributed by atoms with E-state index in [0.29, 0.717) is 11.3 Å². The van der Waals surface area contributed by atoms with Crippen LogP contribution in [0.2, 0.25) is 0 Å². The zero-order chi connectivity index (χ0) is 19.9. The summed E-state index contributed by atoms with van der Waals surface area (Å²) in [6, 6.07) is 6.02. The van der Waals surface area contributed by atoms with Crippen LogP contribution < -0.4 is 26.6 Å². The van der Waals surface area contributed by atoms with Crippen LogP contribution in [0.3, 0.4) is 0 Å². The lowest BCUT2D eigenvalue weighted by Gasteiger charge is -2.09. The number of anilines is 1. The van der Waals surface area contributed by atoms with E-state index in [4.69, 9.17) is 5.73 Å². The van der Waals surface area contributed by atoms with E-state index < -0.39 is 17.5 Å². The van der Waals surface area contributed by atoms with Crippen molar-refractivity contribution in [1.29, 1.82) is 0 Å². The third-order valence-corrected chi connectivity index (χ3v) is 4.32. The van der Waals surface area contributed by atoms with E-state index in [1.54, 1.807) is 0 Å². The molecule has 0 radical (unpaired) electrons. The second-order valence-corrected chi connectivity index (χ2v) is 6.65. The summed E-state index contributed by atoms with van der Waals surface area (Å²) < 4.78 is 0. The second kappa shape index (κ2) is 13.8. The third-order valence-electron chi connectivity index (χ3n) is 4.32. The highest BCUT2D eigenvalue weighted by atomic mass is 16.4. The molecule has 150 valence electrons. The predicted molar refractivity (Wildman–Crippen MR) is 99.9 cm³/mol. The van der Waals surface area contributed by atoms with Gasteiger partial charge in [-0.2, -0.15) is 0 Å². The molecule has 7 heteroatoms. The maximum absolute atomic E-state index is 10.4. The molecule has 7 nitrogen and oxygen atoms in total. The lowest BCUT2D eigenvalue weighted by molar-refractivity contribution is -0.662. The van der Waals surface area contributed by atoms with Gasteiger partial charge in [0.2, 0.25) is 0 Å². The summed E-state index contributed by atoms with van der Waals surface area (Å²) >= 11 is 0. The smallest absolute Gasteiger partial charge is 0.0755 e. The highest BCUT2D eigenvalue weighted by Gasteiger charge is 2.00. The number of nitrogens with two attached hydrogens (primary N) is 3. The molecule has 2 saturated heterocycles. The number of nitrogen functional groups attached to an aromatic ring is 1. The zero-order valence-corrected chi connectivity index (χ0v) is 15.8. The molecule has 3 rings (SSSR count). The molecule has 27 heavy (non-hydrogen) atoms. The highest BCUT2D eigenvalue weighted by molar-refractivity contribution is 6.14. The standard InChI is InChI=1S/C10H9NO4.2C5H11N/c11-7-3-1-6(2-4-7)5-8(9(12)13)10(14)15;2*1-2-4-6-5-3-1/h1-5H,11H2,(H,12,13)(H,14,15);2*6H,1-5H2. The molecule has 2 heterocycles. The Kier molecular flexibility index (Phi) is 11.6. The van der Waals surface area contributed by atoms with Gasteiger partial charge in [0.25, 0.3) is 0 Å². The molecule has 2 aliphatic rings. The van der Waals surface area contributed by atoms with Crippen molar-refractivity contribution in [3.8, 4) is 0 Å². The van der Waals surface area contributed by atoms with Gasteiger partial charge in [0.05, 0.1) is 38.1 Å². The van der Waals surface area contributed by atoms with Crippen LogP contribution in [0.4, 0.5) is 5.69 Å². The van der Waals surface area contributed by atoms with Crippen LogP contribution >= 0.6 is 0 Å². The van der Waals surface area contributed by atoms with Crippen LogP contribution in [-0.2, 0) is 9.59 Å². The minimum atomic E-state index is -1.79. The Hall–Kier alpha value is -2.38. The summed E-state index contributed by atoms with van der Waals surface area (Å²) in [5.74, 6) is -3.57. The van der Waals surface area contributed by atoms with Crippen LogP contribution in [0.15, 0.2) is 29.8 Å². The van der Waals surface area contributed by atoms with Gasteiger partial charge in [-0.05, 0) is 62.3 Å². The van der Waals surface area contributed by atoms with Crippen molar-refractivity contribution in [1.82, 2.24) is 0 Å². The van der Waals surface area contributed by atoms with Crippen molar-refractivity contribution in [2.75, 3.05) is 31.9 Å². The van der Waals surface area contributed by atoms with Gasteiger partial charge in [-0.25, -0.2) is 0 Å². The van der Waals surface area contributed by atoms with E-state index in [2.05, 4.69) is 10.6 Å². The fourth-order valence-electron chi connectivity index (χ4n) is 2.76. The molecular weight excluding hydrogens is 346 g/mol. The molecule has 0 saturated carbocycles. The quantitative estimate of drug-likeness (QED) is 0.234.